The second kappa shape index (κ2) is 7.16. The van der Waals surface area contributed by atoms with E-state index in [0.29, 0.717) is 12.0 Å². The van der Waals surface area contributed by atoms with E-state index in [1.807, 2.05) is 0 Å². The maximum Gasteiger partial charge on any atom is 0.139 e. The first-order chi connectivity index (χ1) is 15.2. The van der Waals surface area contributed by atoms with Crippen molar-refractivity contribution in [2.45, 2.75) is 121 Å². The van der Waals surface area contributed by atoms with Crippen molar-refractivity contribution in [3.8, 4) is 0 Å². The second-order valence-corrected chi connectivity index (χ2v) is 12.5. The Balaban J connectivity index is 1.38. The minimum Gasteiger partial charge on any atom is -0.318 e. The number of fused-ring (bicyclic) bond motifs is 3. The van der Waals surface area contributed by atoms with Crippen molar-refractivity contribution in [2.24, 2.45) is 15.9 Å². The van der Waals surface area contributed by atoms with Gasteiger partial charge in [-0.1, -0.05) is 12.0 Å². The predicted octanol–water partition coefficient (Wildman–Crippen LogP) is 6.07. The van der Waals surface area contributed by atoms with Crippen LogP contribution in [0.1, 0.15) is 98.3 Å². The molecule has 1 saturated heterocycles. The fraction of sp³-hybridized carbons (Fsp3) is 0.714. The van der Waals surface area contributed by atoms with Crippen molar-refractivity contribution in [3.63, 3.8) is 0 Å². The molecule has 2 fully saturated rings. The van der Waals surface area contributed by atoms with Crippen LogP contribution in [-0.4, -0.2) is 39.1 Å². The average molecular weight is 433 g/mol. The van der Waals surface area contributed by atoms with Crippen LogP contribution in [0.3, 0.4) is 0 Å². The van der Waals surface area contributed by atoms with E-state index in [2.05, 4.69) is 56.1 Å². The van der Waals surface area contributed by atoms with Gasteiger partial charge in [-0.15, -0.1) is 0 Å². The van der Waals surface area contributed by atoms with Crippen LogP contribution < -0.4 is 5.32 Å². The molecule has 32 heavy (non-hydrogen) atoms. The molecule has 0 aromatic rings. The molecule has 2 unspecified atom stereocenters. The summed E-state index contributed by atoms with van der Waals surface area (Å²) in [5.41, 5.74) is 7.30. The van der Waals surface area contributed by atoms with Gasteiger partial charge in [0.05, 0.1) is 23.2 Å². The van der Waals surface area contributed by atoms with Gasteiger partial charge in [-0.25, -0.2) is 0 Å². The van der Waals surface area contributed by atoms with Crippen LogP contribution >= 0.6 is 0 Å². The molecule has 4 heteroatoms. The van der Waals surface area contributed by atoms with Crippen molar-refractivity contribution in [2.75, 3.05) is 0 Å². The highest BCUT2D eigenvalue weighted by molar-refractivity contribution is 6.22. The van der Waals surface area contributed by atoms with Gasteiger partial charge in [-0.2, -0.15) is 0 Å². The molecule has 1 spiro atoms. The second-order valence-electron chi connectivity index (χ2n) is 12.5. The third kappa shape index (κ3) is 3.36. The van der Waals surface area contributed by atoms with Crippen LogP contribution in [0.2, 0.25) is 0 Å². The molecule has 0 aromatic heterocycles. The van der Waals surface area contributed by atoms with E-state index in [1.54, 1.807) is 11.3 Å². The Morgan fingerprint density at radius 2 is 1.78 bits per heavy atom. The normalized spacial score (nSPS) is 36.8. The zero-order valence-corrected chi connectivity index (χ0v) is 20.5. The minimum atomic E-state index is -0.00583. The Bertz CT molecular complexity index is 959. The van der Waals surface area contributed by atoms with Gasteiger partial charge in [-0.05, 0) is 110 Å². The maximum absolute atomic E-state index is 5.49. The van der Waals surface area contributed by atoms with Crippen LogP contribution in [0, 0.1) is 5.92 Å². The zero-order chi connectivity index (χ0) is 22.1. The van der Waals surface area contributed by atoms with Gasteiger partial charge >= 0.3 is 0 Å². The van der Waals surface area contributed by atoms with Crippen LogP contribution in [0.15, 0.2) is 45.2 Å². The highest BCUT2D eigenvalue weighted by atomic mass is 15.4. The summed E-state index contributed by atoms with van der Waals surface area (Å²) in [5, 5.41) is 3.80. The summed E-state index contributed by atoms with van der Waals surface area (Å²) in [6.45, 7) is 9.26. The number of rotatable bonds is 1. The van der Waals surface area contributed by atoms with E-state index in [9.17, 15) is 0 Å². The summed E-state index contributed by atoms with van der Waals surface area (Å²) < 4.78 is 0. The summed E-state index contributed by atoms with van der Waals surface area (Å²) >= 11 is 0. The van der Waals surface area contributed by atoms with Crippen molar-refractivity contribution >= 4 is 11.4 Å². The van der Waals surface area contributed by atoms with Crippen LogP contribution in [-0.2, 0) is 0 Å². The summed E-state index contributed by atoms with van der Waals surface area (Å²) in [6, 6.07) is 0.361. The average Bonchev–Trinajstić information content (AvgIpc) is 3.03. The number of nitrogens with one attached hydrogen (secondary N) is 1. The fourth-order valence-electron chi connectivity index (χ4n) is 7.94. The van der Waals surface area contributed by atoms with E-state index in [0.717, 1.165) is 18.6 Å². The Kier molecular flexibility index (Phi) is 4.67. The Hall–Kier alpha value is -1.68. The first kappa shape index (κ1) is 20.9. The Labute approximate surface area is 194 Å². The minimum absolute atomic E-state index is 0.00583. The summed E-state index contributed by atoms with van der Waals surface area (Å²) in [7, 11) is 0. The van der Waals surface area contributed by atoms with Crippen molar-refractivity contribution in [3.05, 3.63) is 35.2 Å². The van der Waals surface area contributed by atoms with E-state index in [1.165, 1.54) is 69.2 Å². The fourth-order valence-corrected chi connectivity index (χ4v) is 7.94. The molecular weight excluding hydrogens is 392 g/mol. The standard InChI is InChI=1S/C28H40N4/c1-26(2)17-22(18-27(3,4)31-26)29-21-12-13-23-25(16-21)32-24-11-6-5-9-19(24)15-20-10-7-8-14-28(20,32)30-23/h12-13,16,20,22,31H,5-11,14-15,17-18H2,1-4H3. The number of aliphatic imine (C=N–C) groups is 2. The molecule has 1 N–H and O–H groups in total. The number of piperidine rings is 1. The molecule has 0 amide bonds. The van der Waals surface area contributed by atoms with Gasteiger partial charge in [0.1, 0.15) is 5.66 Å². The molecule has 0 bridgehead atoms. The van der Waals surface area contributed by atoms with Crippen molar-refractivity contribution in [1.29, 1.82) is 0 Å². The van der Waals surface area contributed by atoms with Gasteiger partial charge in [0.25, 0.3) is 0 Å². The van der Waals surface area contributed by atoms with Gasteiger partial charge < -0.3 is 10.2 Å². The SMILES string of the molecule is CC1(C)CC(N=C2C=CC3=NC45CCCCC4CC4=C(CCCC4)N5C3=C2)CC(C)(C)N1. The highest BCUT2D eigenvalue weighted by Crippen LogP contribution is 2.55. The Morgan fingerprint density at radius 1 is 1.00 bits per heavy atom. The summed E-state index contributed by atoms with van der Waals surface area (Å²) in [6.07, 6.45) is 20.8. The molecule has 3 heterocycles. The molecule has 6 aliphatic rings. The molecule has 6 rings (SSSR count). The predicted molar refractivity (Wildman–Crippen MR) is 133 cm³/mol. The lowest BCUT2D eigenvalue weighted by Crippen LogP contribution is -2.58. The number of nitrogens with zero attached hydrogens (tertiary/aromatic N) is 3. The monoisotopic (exact) mass is 432 g/mol. The molecule has 2 atom stereocenters. The number of hydrogen-bond acceptors (Lipinski definition) is 4. The molecule has 3 aliphatic heterocycles. The van der Waals surface area contributed by atoms with E-state index in [4.69, 9.17) is 9.98 Å². The lowest BCUT2D eigenvalue weighted by Gasteiger charge is -2.52. The lowest BCUT2D eigenvalue weighted by atomic mass is 9.70. The van der Waals surface area contributed by atoms with Crippen LogP contribution in [0.25, 0.3) is 0 Å². The third-order valence-corrected chi connectivity index (χ3v) is 8.72. The topological polar surface area (TPSA) is 40.0 Å². The number of allylic oxidation sites excluding steroid dienone is 5. The first-order valence-corrected chi connectivity index (χ1v) is 13.1. The quantitative estimate of drug-likeness (QED) is 0.511. The molecule has 0 radical (unpaired) electrons. The van der Waals surface area contributed by atoms with E-state index >= 15 is 0 Å². The maximum atomic E-state index is 5.49. The highest BCUT2D eigenvalue weighted by Gasteiger charge is 2.55. The molecule has 1 saturated carbocycles. The molecule has 172 valence electrons. The smallest absolute Gasteiger partial charge is 0.139 e. The van der Waals surface area contributed by atoms with Crippen molar-refractivity contribution < 1.29 is 0 Å². The van der Waals surface area contributed by atoms with Gasteiger partial charge in [-0.3, -0.25) is 9.98 Å². The van der Waals surface area contributed by atoms with E-state index in [-0.39, 0.29) is 16.7 Å². The molecule has 0 aromatic carbocycles. The van der Waals surface area contributed by atoms with Gasteiger partial charge in [0, 0.05) is 22.7 Å². The third-order valence-electron chi connectivity index (χ3n) is 8.72. The molecule has 4 nitrogen and oxygen atoms in total. The Morgan fingerprint density at radius 3 is 2.59 bits per heavy atom. The van der Waals surface area contributed by atoms with E-state index < -0.39 is 0 Å². The van der Waals surface area contributed by atoms with Gasteiger partial charge in [0.15, 0.2) is 0 Å². The molecular formula is C28H40N4. The van der Waals surface area contributed by atoms with Gasteiger partial charge in [0.2, 0.25) is 0 Å². The van der Waals surface area contributed by atoms with Crippen LogP contribution in [0.4, 0.5) is 0 Å². The van der Waals surface area contributed by atoms with Crippen molar-refractivity contribution in [1.82, 2.24) is 10.2 Å². The summed E-state index contributed by atoms with van der Waals surface area (Å²) in [5.74, 6) is 0.687. The molecule has 3 aliphatic carbocycles. The first-order valence-electron chi connectivity index (χ1n) is 13.1. The summed E-state index contributed by atoms with van der Waals surface area (Å²) in [4.78, 5) is 13.5. The van der Waals surface area contributed by atoms with Crippen LogP contribution in [0.5, 0.6) is 0 Å². The lowest BCUT2D eigenvalue weighted by molar-refractivity contribution is 0.0498. The largest absolute Gasteiger partial charge is 0.318 e. The zero-order valence-electron chi connectivity index (χ0n) is 20.5. The number of hydrogen-bond donors (Lipinski definition) is 1.